The zero-order chi connectivity index (χ0) is 3.41. The number of carbonyl (C=O) groups excluding carboxylic acids is 1. The van der Waals surface area contributed by atoms with Crippen molar-refractivity contribution >= 4 is 18.9 Å². The van der Waals surface area contributed by atoms with Gasteiger partial charge in [-0.15, -0.1) is 0 Å². The van der Waals surface area contributed by atoms with Crippen LogP contribution in [-0.2, 0) is 4.79 Å². The van der Waals surface area contributed by atoms with E-state index in [2.05, 4.69) is 12.6 Å². The molecule has 0 heterocycles. The molecule has 0 atom stereocenters. The predicted molar refractivity (Wildman–Crippen MR) is 19.5 cm³/mol. The van der Waals surface area contributed by atoms with Crippen LogP contribution in [0.5, 0.6) is 0 Å². The Bertz CT molecular complexity index is 20.0. The Morgan fingerprint density at radius 2 is 2.25 bits per heavy atom. The molecule has 23 valence electrons. The predicted octanol–water partition coefficient (Wildman–Crippen LogP) is 0.0259. The highest BCUT2D eigenvalue weighted by atomic mass is 32.1. The molecule has 4 heavy (non-hydrogen) atoms. The lowest BCUT2D eigenvalue weighted by Crippen LogP contribution is -1.63. The molecule has 0 unspecified atom stereocenters. The summed E-state index contributed by atoms with van der Waals surface area (Å²) in [5.74, 6) is 0.208. The molecule has 0 aromatic heterocycles. The molecule has 0 aromatic carbocycles. The normalized spacial score (nSPS) is 6.25. The molecular formula is C2H3OS. The fraction of sp³-hybridized carbons (Fsp3) is 0.500. The van der Waals surface area contributed by atoms with Crippen LogP contribution >= 0.6 is 12.6 Å². The van der Waals surface area contributed by atoms with E-state index in [9.17, 15) is 0 Å². The Kier molecular flexibility index (Phi) is 3.04. The number of thiol groups is 1. The second kappa shape index (κ2) is 3.02. The van der Waals surface area contributed by atoms with Crippen LogP contribution in [0, 0.1) is 0 Å². The molecular weight excluding hydrogens is 72.1 g/mol. The second-order valence-electron chi connectivity index (χ2n) is 0.302. The van der Waals surface area contributed by atoms with Crippen molar-refractivity contribution in [3.8, 4) is 0 Å². The van der Waals surface area contributed by atoms with Gasteiger partial charge in [0.1, 0.15) is 0 Å². The van der Waals surface area contributed by atoms with Gasteiger partial charge in [-0.2, -0.15) is 12.6 Å². The second-order valence-corrected chi connectivity index (χ2v) is 0.619. The van der Waals surface area contributed by atoms with Crippen molar-refractivity contribution in [2.24, 2.45) is 0 Å². The van der Waals surface area contributed by atoms with Gasteiger partial charge in [0.25, 0.3) is 0 Å². The van der Waals surface area contributed by atoms with Crippen molar-refractivity contribution in [1.82, 2.24) is 0 Å². The molecule has 0 saturated heterocycles. The first-order valence-electron chi connectivity index (χ1n) is 0.874. The van der Waals surface area contributed by atoms with Crippen LogP contribution in [0.15, 0.2) is 0 Å². The molecule has 1 nitrogen and oxygen atoms in total. The lowest BCUT2D eigenvalue weighted by atomic mass is 10.9. The number of rotatable bonds is 1. The van der Waals surface area contributed by atoms with Crippen molar-refractivity contribution in [3.63, 3.8) is 0 Å². The van der Waals surface area contributed by atoms with Crippen LogP contribution in [0.3, 0.4) is 0 Å². The average Bonchev–Trinajstić information content (AvgIpc) is 1.37. The monoisotopic (exact) mass is 75.0 g/mol. The largest absolute Gasteiger partial charge is 0.290 e. The van der Waals surface area contributed by atoms with Crippen LogP contribution in [0.2, 0.25) is 0 Å². The molecule has 2 heteroatoms. The summed E-state index contributed by atoms with van der Waals surface area (Å²) < 4.78 is 0. The molecule has 0 aliphatic carbocycles. The van der Waals surface area contributed by atoms with Crippen LogP contribution in [0.25, 0.3) is 0 Å². The van der Waals surface area contributed by atoms with Gasteiger partial charge in [-0.3, -0.25) is 4.79 Å². The first-order valence-corrected chi connectivity index (χ1v) is 1.51. The van der Waals surface area contributed by atoms with Gasteiger partial charge in [-0.05, 0) is 0 Å². The zero-order valence-corrected chi connectivity index (χ0v) is 2.96. The number of hydrogen-bond donors (Lipinski definition) is 1. The van der Waals surface area contributed by atoms with Crippen molar-refractivity contribution in [2.75, 3.05) is 5.75 Å². The Morgan fingerprint density at radius 1 is 2.00 bits per heavy atom. The molecule has 0 aliphatic rings. The van der Waals surface area contributed by atoms with E-state index in [1.54, 1.807) is 6.29 Å². The molecule has 0 N–H and O–H groups in total. The lowest BCUT2D eigenvalue weighted by Gasteiger charge is -1.49. The molecule has 0 bridgehead atoms. The summed E-state index contributed by atoms with van der Waals surface area (Å²) >= 11 is 3.50. The highest BCUT2D eigenvalue weighted by Crippen LogP contribution is 1.55. The van der Waals surface area contributed by atoms with Gasteiger partial charge >= 0.3 is 0 Å². The van der Waals surface area contributed by atoms with Crippen molar-refractivity contribution in [2.45, 2.75) is 0 Å². The minimum absolute atomic E-state index is 0.208. The Hall–Kier alpha value is 0.0200. The summed E-state index contributed by atoms with van der Waals surface area (Å²) in [6.07, 6.45) is 1.54. The van der Waals surface area contributed by atoms with E-state index in [0.29, 0.717) is 0 Å². The SMILES string of the molecule is O=[C]CS. The average molecular weight is 75.1 g/mol. The van der Waals surface area contributed by atoms with Gasteiger partial charge in [0.15, 0.2) is 0 Å². The van der Waals surface area contributed by atoms with E-state index in [4.69, 9.17) is 4.79 Å². The molecule has 0 saturated carbocycles. The lowest BCUT2D eigenvalue weighted by molar-refractivity contribution is 0.560. The highest BCUT2D eigenvalue weighted by Gasteiger charge is 1.56. The summed E-state index contributed by atoms with van der Waals surface area (Å²) in [6, 6.07) is 0. The molecule has 0 rings (SSSR count). The third kappa shape index (κ3) is 2.02. The van der Waals surface area contributed by atoms with Crippen molar-refractivity contribution < 1.29 is 4.79 Å². The maximum atomic E-state index is 8.97. The zero-order valence-electron chi connectivity index (χ0n) is 2.06. The summed E-state index contributed by atoms with van der Waals surface area (Å²) in [5, 5.41) is 0. The highest BCUT2D eigenvalue weighted by molar-refractivity contribution is 7.80. The topological polar surface area (TPSA) is 17.1 Å². The quantitative estimate of drug-likeness (QED) is 0.435. The van der Waals surface area contributed by atoms with Gasteiger partial charge in [-0.25, -0.2) is 0 Å². The summed E-state index contributed by atoms with van der Waals surface area (Å²) in [5.41, 5.74) is 0. The van der Waals surface area contributed by atoms with E-state index in [0.717, 1.165) is 0 Å². The van der Waals surface area contributed by atoms with Crippen molar-refractivity contribution in [1.29, 1.82) is 0 Å². The molecule has 0 aromatic rings. The minimum Gasteiger partial charge on any atom is -0.290 e. The third-order valence-corrected chi connectivity index (χ3v) is 0.194. The van der Waals surface area contributed by atoms with E-state index in [1.165, 1.54) is 0 Å². The van der Waals surface area contributed by atoms with E-state index in [1.807, 2.05) is 0 Å². The van der Waals surface area contributed by atoms with Crippen LogP contribution < -0.4 is 0 Å². The van der Waals surface area contributed by atoms with E-state index in [-0.39, 0.29) is 5.75 Å². The number of hydrogen-bond acceptors (Lipinski definition) is 2. The summed E-state index contributed by atoms with van der Waals surface area (Å²) in [6.45, 7) is 0. The maximum Gasteiger partial charge on any atom is 0.208 e. The molecule has 1 radical (unpaired) electrons. The van der Waals surface area contributed by atoms with Gasteiger partial charge < -0.3 is 0 Å². The first-order chi connectivity index (χ1) is 1.91. The van der Waals surface area contributed by atoms with Gasteiger partial charge in [-0.1, -0.05) is 0 Å². The molecule has 0 spiro atoms. The standard InChI is InChI=1S/C2H3OS/c3-1-2-4/h4H,2H2. The molecule has 0 aliphatic heterocycles. The van der Waals surface area contributed by atoms with Gasteiger partial charge in [0.05, 0.1) is 5.75 Å². The molecule has 0 fully saturated rings. The molecule has 0 amide bonds. The third-order valence-electron chi connectivity index (χ3n) is 0.0645. The van der Waals surface area contributed by atoms with Crippen LogP contribution in [0.4, 0.5) is 0 Å². The van der Waals surface area contributed by atoms with Crippen LogP contribution in [-0.4, -0.2) is 12.0 Å². The Balaban J connectivity index is 2.30. The van der Waals surface area contributed by atoms with Crippen molar-refractivity contribution in [3.05, 3.63) is 0 Å². The Morgan fingerprint density at radius 3 is 2.25 bits per heavy atom. The summed E-state index contributed by atoms with van der Waals surface area (Å²) in [7, 11) is 0. The van der Waals surface area contributed by atoms with E-state index >= 15 is 0 Å². The fourth-order valence-electron chi connectivity index (χ4n) is 0. The Labute approximate surface area is 30.4 Å². The van der Waals surface area contributed by atoms with Crippen LogP contribution in [0.1, 0.15) is 0 Å². The maximum absolute atomic E-state index is 8.97. The first kappa shape index (κ1) is 4.02. The van der Waals surface area contributed by atoms with Gasteiger partial charge in [0.2, 0.25) is 6.29 Å². The fourth-order valence-corrected chi connectivity index (χ4v) is 0. The minimum atomic E-state index is 0.208. The smallest absolute Gasteiger partial charge is 0.208 e. The van der Waals surface area contributed by atoms with Gasteiger partial charge in [0, 0.05) is 0 Å². The van der Waals surface area contributed by atoms with E-state index < -0.39 is 0 Å². The summed E-state index contributed by atoms with van der Waals surface area (Å²) in [4.78, 5) is 8.97.